The second-order valence-electron chi connectivity index (χ2n) is 7.20. The van der Waals surface area contributed by atoms with Crippen LogP contribution < -0.4 is 5.43 Å². The van der Waals surface area contributed by atoms with Crippen molar-refractivity contribution < 1.29 is 19.8 Å². The number of carbonyl (C=O) groups is 2. The smallest absolute Gasteiger partial charge is 0.335 e. The van der Waals surface area contributed by atoms with Crippen molar-refractivity contribution >= 4 is 23.3 Å². The van der Waals surface area contributed by atoms with Crippen LogP contribution in [0.5, 0.6) is 0 Å². The van der Waals surface area contributed by atoms with Gasteiger partial charge < -0.3 is 10.2 Å². The van der Waals surface area contributed by atoms with Crippen LogP contribution in [0.15, 0.2) is 107 Å². The first-order valence-electron chi connectivity index (χ1n) is 10.0. The van der Waals surface area contributed by atoms with Crippen LogP contribution in [0.3, 0.4) is 0 Å². The van der Waals surface area contributed by atoms with E-state index in [1.165, 1.54) is 0 Å². The molecule has 0 radical (unpaired) electrons. The van der Waals surface area contributed by atoms with E-state index < -0.39 is 11.9 Å². The first-order chi connectivity index (χ1) is 16.0. The zero-order chi connectivity index (χ0) is 23.2. The van der Waals surface area contributed by atoms with E-state index in [1.54, 1.807) is 48.5 Å². The number of hydrogen-bond donors (Lipinski definition) is 3. The molecule has 0 aliphatic rings. The lowest BCUT2D eigenvalue weighted by Crippen LogP contribution is -1.95. The lowest BCUT2D eigenvalue weighted by molar-refractivity contribution is 0.0686. The molecule has 0 atom stereocenters. The summed E-state index contributed by atoms with van der Waals surface area (Å²) in [6.45, 7) is 0. The maximum absolute atomic E-state index is 11.0. The Morgan fingerprint density at radius 2 is 0.909 bits per heavy atom. The van der Waals surface area contributed by atoms with Crippen molar-refractivity contribution in [2.75, 3.05) is 5.43 Å². The molecule has 0 amide bonds. The largest absolute Gasteiger partial charge is 0.478 e. The number of nitrogens with zero attached hydrogens (tertiary/aromatic N) is 2. The highest BCUT2D eigenvalue weighted by molar-refractivity contribution is 5.89. The van der Waals surface area contributed by atoms with Crippen molar-refractivity contribution in [2.24, 2.45) is 10.3 Å². The Morgan fingerprint density at radius 3 is 1.30 bits per heavy atom. The fourth-order valence-corrected chi connectivity index (χ4v) is 3.21. The monoisotopic (exact) mass is 437 g/mol. The van der Waals surface area contributed by atoms with Crippen molar-refractivity contribution in [1.29, 1.82) is 0 Å². The molecule has 0 spiro atoms. The van der Waals surface area contributed by atoms with Crippen molar-refractivity contribution in [3.8, 4) is 22.3 Å². The summed E-state index contributed by atoms with van der Waals surface area (Å²) in [6, 6.07) is 28.4. The molecule has 0 aliphatic carbocycles. The predicted octanol–water partition coefficient (Wildman–Crippen LogP) is 6.53. The molecule has 0 saturated heterocycles. The summed E-state index contributed by atoms with van der Waals surface area (Å²) in [4.78, 5) is 21.9. The predicted molar refractivity (Wildman–Crippen MR) is 126 cm³/mol. The Morgan fingerprint density at radius 1 is 0.545 bits per heavy atom. The number of aromatic carboxylic acids is 2. The summed E-state index contributed by atoms with van der Waals surface area (Å²) >= 11 is 0. The number of rotatable bonds is 7. The van der Waals surface area contributed by atoms with Crippen LogP contribution in [-0.4, -0.2) is 22.2 Å². The fraction of sp³-hybridized carbons (Fsp3) is 0. The van der Waals surface area contributed by atoms with Crippen LogP contribution in [0.2, 0.25) is 0 Å². The Bertz CT molecular complexity index is 1300. The van der Waals surface area contributed by atoms with Gasteiger partial charge in [0.15, 0.2) is 0 Å². The molecule has 0 bridgehead atoms. The SMILES string of the molecule is O=C(O)c1ccc(-c2ccc(/N=N/Nc3ccc(-c4ccc(C(=O)O)cc4)cc3)cc2)cc1. The molecule has 4 rings (SSSR count). The van der Waals surface area contributed by atoms with E-state index in [0.717, 1.165) is 27.9 Å². The lowest BCUT2D eigenvalue weighted by atomic mass is 10.0. The number of carboxylic acids is 2. The number of anilines is 1. The van der Waals surface area contributed by atoms with Crippen LogP contribution in [0, 0.1) is 0 Å². The van der Waals surface area contributed by atoms with Gasteiger partial charge in [0.25, 0.3) is 0 Å². The molecule has 0 unspecified atom stereocenters. The molecule has 7 heteroatoms. The van der Waals surface area contributed by atoms with E-state index in [4.69, 9.17) is 10.2 Å². The molecule has 7 nitrogen and oxygen atoms in total. The van der Waals surface area contributed by atoms with Crippen LogP contribution in [-0.2, 0) is 0 Å². The van der Waals surface area contributed by atoms with Crippen molar-refractivity contribution in [3.05, 3.63) is 108 Å². The van der Waals surface area contributed by atoms with E-state index >= 15 is 0 Å². The van der Waals surface area contributed by atoms with Gasteiger partial charge >= 0.3 is 11.9 Å². The third-order valence-corrected chi connectivity index (χ3v) is 5.03. The summed E-state index contributed by atoms with van der Waals surface area (Å²) in [6.07, 6.45) is 0. The highest BCUT2D eigenvalue weighted by Gasteiger charge is 2.04. The molecule has 0 fully saturated rings. The average molecular weight is 437 g/mol. The zero-order valence-corrected chi connectivity index (χ0v) is 17.3. The summed E-state index contributed by atoms with van der Waals surface area (Å²) in [7, 11) is 0. The topological polar surface area (TPSA) is 111 Å². The third-order valence-electron chi connectivity index (χ3n) is 5.03. The van der Waals surface area contributed by atoms with Crippen molar-refractivity contribution in [1.82, 2.24) is 0 Å². The van der Waals surface area contributed by atoms with Gasteiger partial charge in [-0.15, -0.1) is 5.11 Å². The van der Waals surface area contributed by atoms with E-state index in [2.05, 4.69) is 15.8 Å². The van der Waals surface area contributed by atoms with E-state index in [9.17, 15) is 9.59 Å². The Hall–Kier alpha value is -4.78. The second kappa shape index (κ2) is 9.57. The Labute approximate surface area is 189 Å². The molecule has 4 aromatic rings. The normalized spacial score (nSPS) is 10.8. The highest BCUT2D eigenvalue weighted by atomic mass is 16.4. The van der Waals surface area contributed by atoms with Crippen LogP contribution >= 0.6 is 0 Å². The minimum atomic E-state index is -0.950. The van der Waals surface area contributed by atoms with Gasteiger partial charge in [-0.3, -0.25) is 5.43 Å². The molecule has 33 heavy (non-hydrogen) atoms. The zero-order valence-electron chi connectivity index (χ0n) is 17.3. The van der Waals surface area contributed by atoms with Gasteiger partial charge in [0.1, 0.15) is 0 Å². The fourth-order valence-electron chi connectivity index (χ4n) is 3.21. The second-order valence-corrected chi connectivity index (χ2v) is 7.20. The molecule has 0 heterocycles. The summed E-state index contributed by atoms with van der Waals surface area (Å²) in [5, 5.41) is 26.2. The molecule has 0 saturated carbocycles. The van der Waals surface area contributed by atoms with E-state index in [1.807, 2.05) is 48.5 Å². The maximum atomic E-state index is 11.0. The first kappa shape index (κ1) is 21.5. The maximum Gasteiger partial charge on any atom is 0.335 e. The Kier molecular flexibility index (Phi) is 6.22. The number of hydrogen-bond acceptors (Lipinski definition) is 4. The van der Waals surface area contributed by atoms with Gasteiger partial charge in [-0.25, -0.2) is 9.59 Å². The number of benzene rings is 4. The van der Waals surface area contributed by atoms with Gasteiger partial charge in [-0.05, 0) is 70.8 Å². The Balaban J connectivity index is 1.36. The van der Waals surface area contributed by atoms with Gasteiger partial charge in [0.05, 0.1) is 22.5 Å². The number of nitrogens with one attached hydrogen (secondary N) is 1. The van der Waals surface area contributed by atoms with Gasteiger partial charge in [-0.1, -0.05) is 53.8 Å². The van der Waals surface area contributed by atoms with Crippen molar-refractivity contribution in [2.45, 2.75) is 0 Å². The van der Waals surface area contributed by atoms with E-state index in [0.29, 0.717) is 5.69 Å². The summed E-state index contributed by atoms with van der Waals surface area (Å²) in [5.41, 5.74) is 8.57. The molecule has 0 aliphatic heterocycles. The molecule has 3 N–H and O–H groups in total. The molecule has 162 valence electrons. The van der Waals surface area contributed by atoms with Crippen LogP contribution in [0.25, 0.3) is 22.3 Å². The average Bonchev–Trinajstić information content (AvgIpc) is 2.85. The minimum Gasteiger partial charge on any atom is -0.478 e. The van der Waals surface area contributed by atoms with Crippen LogP contribution in [0.4, 0.5) is 11.4 Å². The number of carboxylic acid groups (broad SMARTS) is 2. The van der Waals surface area contributed by atoms with Crippen LogP contribution in [0.1, 0.15) is 20.7 Å². The van der Waals surface area contributed by atoms with E-state index in [-0.39, 0.29) is 11.1 Å². The molecule has 4 aromatic carbocycles. The third kappa shape index (κ3) is 5.29. The molecular weight excluding hydrogens is 418 g/mol. The highest BCUT2D eigenvalue weighted by Crippen LogP contribution is 2.24. The summed E-state index contributed by atoms with van der Waals surface area (Å²) < 4.78 is 0. The molecular formula is C26H19N3O4. The molecule has 0 aromatic heterocycles. The first-order valence-corrected chi connectivity index (χ1v) is 10.0. The lowest BCUT2D eigenvalue weighted by Gasteiger charge is -2.05. The van der Waals surface area contributed by atoms with Gasteiger partial charge in [-0.2, -0.15) is 0 Å². The van der Waals surface area contributed by atoms with Crippen molar-refractivity contribution in [3.63, 3.8) is 0 Å². The van der Waals surface area contributed by atoms with Gasteiger partial charge in [0.2, 0.25) is 0 Å². The quantitative estimate of drug-likeness (QED) is 0.225. The van der Waals surface area contributed by atoms with Gasteiger partial charge in [0, 0.05) is 0 Å². The minimum absolute atomic E-state index is 0.249. The summed E-state index contributed by atoms with van der Waals surface area (Å²) in [5.74, 6) is -1.90. The standard InChI is InChI=1S/C26H19N3O4/c30-25(31)21-5-1-17(2-6-21)19-9-13-23(14-10-19)27-29-28-24-15-11-20(12-16-24)18-3-7-22(8-4-18)26(32)33/h1-16H,(H,27,28)(H,30,31)(H,32,33).